The van der Waals surface area contributed by atoms with Crippen LogP contribution in [0.5, 0.6) is 11.5 Å². The quantitative estimate of drug-likeness (QED) is 0.320. The summed E-state index contributed by atoms with van der Waals surface area (Å²) in [5.74, 6) is 0.677. The Bertz CT molecular complexity index is 1590. The van der Waals surface area contributed by atoms with Gasteiger partial charge in [-0.1, -0.05) is 81.4 Å². The molecular weight excluding hydrogens is 512 g/mol. The average Bonchev–Trinajstić information content (AvgIpc) is 2.94. The van der Waals surface area contributed by atoms with Gasteiger partial charge in [-0.05, 0) is 46.7 Å². The van der Waals surface area contributed by atoms with E-state index in [2.05, 4.69) is 26.1 Å². The molecule has 0 aliphatic carbocycles. The van der Waals surface area contributed by atoms with Crippen LogP contribution in [0.1, 0.15) is 26.3 Å². The summed E-state index contributed by atoms with van der Waals surface area (Å²) < 4.78 is 40.7. The van der Waals surface area contributed by atoms with Crippen LogP contribution in [0.3, 0.4) is 0 Å². The number of amides is 1. The highest BCUT2D eigenvalue weighted by Gasteiger charge is 2.38. The van der Waals surface area contributed by atoms with Crippen molar-refractivity contribution in [3.63, 3.8) is 0 Å². The number of rotatable bonds is 7. The van der Waals surface area contributed by atoms with E-state index in [1.807, 2.05) is 54.6 Å². The monoisotopic (exact) mass is 544 g/mol. The average molecular weight is 545 g/mol. The number of nitrogens with one attached hydrogen (secondary N) is 1. The molecule has 202 valence electrons. The van der Waals surface area contributed by atoms with Crippen LogP contribution in [-0.2, 0) is 20.2 Å². The minimum atomic E-state index is -3.94. The molecule has 7 nitrogen and oxygen atoms in total. The van der Waals surface area contributed by atoms with E-state index >= 15 is 0 Å². The van der Waals surface area contributed by atoms with Crippen molar-refractivity contribution in [3.05, 3.63) is 96.6 Å². The number of fused-ring (bicyclic) bond motifs is 2. The summed E-state index contributed by atoms with van der Waals surface area (Å²) in [6.45, 7) is 6.53. The number of benzene rings is 4. The maximum atomic E-state index is 13.7. The van der Waals surface area contributed by atoms with Gasteiger partial charge in [0.2, 0.25) is 0 Å². The first-order chi connectivity index (χ1) is 18.6. The van der Waals surface area contributed by atoms with Crippen molar-refractivity contribution in [2.75, 3.05) is 24.0 Å². The summed E-state index contributed by atoms with van der Waals surface area (Å²) in [7, 11) is -3.94. The molecule has 1 atom stereocenters. The summed E-state index contributed by atoms with van der Waals surface area (Å²) in [6.07, 6.45) is -1.02. The Morgan fingerprint density at radius 3 is 2.46 bits per heavy atom. The van der Waals surface area contributed by atoms with Crippen molar-refractivity contribution >= 4 is 32.4 Å². The number of ether oxygens (including phenoxy) is 2. The highest BCUT2D eigenvalue weighted by molar-refractivity contribution is 7.92. The molecule has 1 aliphatic rings. The van der Waals surface area contributed by atoms with Crippen molar-refractivity contribution in [2.24, 2.45) is 0 Å². The largest absolute Gasteiger partial charge is 0.491 e. The molecule has 4 aromatic rings. The zero-order valence-electron chi connectivity index (χ0n) is 22.3. The molecule has 5 rings (SSSR count). The predicted molar refractivity (Wildman–Crippen MR) is 153 cm³/mol. The van der Waals surface area contributed by atoms with Gasteiger partial charge in [-0.2, -0.15) is 0 Å². The number of anilines is 1. The van der Waals surface area contributed by atoms with E-state index in [1.165, 1.54) is 4.31 Å². The minimum Gasteiger partial charge on any atom is -0.491 e. The second-order valence-corrected chi connectivity index (χ2v) is 12.4. The van der Waals surface area contributed by atoms with Crippen molar-refractivity contribution in [1.82, 2.24) is 5.32 Å². The van der Waals surface area contributed by atoms with E-state index < -0.39 is 22.0 Å². The molecule has 4 aromatic carbocycles. The summed E-state index contributed by atoms with van der Waals surface area (Å²) in [6, 6.07) is 27.5. The molecule has 8 heteroatoms. The van der Waals surface area contributed by atoms with Gasteiger partial charge in [0.1, 0.15) is 18.1 Å². The first-order valence-corrected chi connectivity index (χ1v) is 14.4. The van der Waals surface area contributed by atoms with Crippen molar-refractivity contribution in [3.8, 4) is 11.5 Å². The van der Waals surface area contributed by atoms with Crippen LogP contribution in [0, 0.1) is 0 Å². The fourth-order valence-electron chi connectivity index (χ4n) is 4.57. The lowest BCUT2D eigenvalue weighted by atomic mass is 9.86. The number of sulfonamides is 1. The van der Waals surface area contributed by atoms with Crippen molar-refractivity contribution < 1.29 is 22.7 Å². The molecule has 1 heterocycles. The molecule has 0 fully saturated rings. The minimum absolute atomic E-state index is 0.145. The Morgan fingerprint density at radius 1 is 0.974 bits per heavy atom. The van der Waals surface area contributed by atoms with Crippen molar-refractivity contribution in [2.45, 2.75) is 37.2 Å². The van der Waals surface area contributed by atoms with Crippen LogP contribution in [0.25, 0.3) is 10.8 Å². The first kappa shape index (κ1) is 26.6. The zero-order chi connectivity index (χ0) is 27.6. The third kappa shape index (κ3) is 5.56. The Labute approximate surface area is 229 Å². The van der Waals surface area contributed by atoms with E-state index in [-0.39, 0.29) is 30.0 Å². The lowest BCUT2D eigenvalue weighted by Crippen LogP contribution is -2.51. The predicted octanol–water partition coefficient (Wildman–Crippen LogP) is 5.29. The molecule has 1 amide bonds. The second kappa shape index (κ2) is 10.6. The van der Waals surface area contributed by atoms with Crippen molar-refractivity contribution in [1.29, 1.82) is 0 Å². The van der Waals surface area contributed by atoms with Crippen LogP contribution in [0.2, 0.25) is 0 Å². The highest BCUT2D eigenvalue weighted by Crippen LogP contribution is 2.40. The number of carbonyl (C=O) groups is 1. The van der Waals surface area contributed by atoms with E-state index in [0.29, 0.717) is 11.4 Å². The van der Waals surface area contributed by atoms with E-state index in [4.69, 9.17) is 9.47 Å². The van der Waals surface area contributed by atoms with Gasteiger partial charge in [-0.3, -0.25) is 9.10 Å². The lowest BCUT2D eigenvalue weighted by molar-refractivity contribution is -0.127. The Balaban J connectivity index is 1.33. The summed E-state index contributed by atoms with van der Waals surface area (Å²) in [4.78, 5) is 13.3. The standard InChI is InChI=1S/C31H32N2O5S/c1-31(2,3)23-16-17-28-26(20-23)33(39(35,36)24-12-5-4-6-13-24)21-29(38-28)30(34)32-18-19-37-27-15-9-11-22-10-7-8-14-25(22)27/h4-17,20,29H,18-19,21H2,1-3H3,(H,32,34). The molecule has 0 radical (unpaired) electrons. The first-order valence-electron chi connectivity index (χ1n) is 12.9. The molecule has 0 saturated carbocycles. The highest BCUT2D eigenvalue weighted by atomic mass is 32.2. The number of hydrogen-bond acceptors (Lipinski definition) is 5. The van der Waals surface area contributed by atoms with Gasteiger partial charge in [0.15, 0.2) is 6.10 Å². The summed E-state index contributed by atoms with van der Waals surface area (Å²) in [5, 5.41) is 4.91. The number of nitrogens with zero attached hydrogens (tertiary/aromatic N) is 1. The maximum absolute atomic E-state index is 13.7. The SMILES string of the molecule is CC(C)(C)c1ccc2c(c1)N(S(=O)(=O)c1ccccc1)CC(C(=O)NCCOc1cccc3ccccc13)O2. The van der Waals surface area contributed by atoms with Crippen LogP contribution in [-0.4, -0.2) is 40.1 Å². The van der Waals surface area contributed by atoms with Gasteiger partial charge in [0, 0.05) is 5.39 Å². The third-order valence-corrected chi connectivity index (χ3v) is 8.52. The van der Waals surface area contributed by atoms with E-state index in [9.17, 15) is 13.2 Å². The molecule has 1 unspecified atom stereocenters. The van der Waals surface area contributed by atoms with Gasteiger partial charge in [-0.15, -0.1) is 0 Å². The van der Waals surface area contributed by atoms with Crippen LogP contribution >= 0.6 is 0 Å². The third-order valence-electron chi connectivity index (χ3n) is 6.73. The van der Waals surface area contributed by atoms with E-state index in [0.717, 1.165) is 22.1 Å². The molecule has 0 bridgehead atoms. The molecule has 0 aromatic heterocycles. The molecule has 1 aliphatic heterocycles. The summed E-state index contributed by atoms with van der Waals surface area (Å²) in [5.41, 5.74) is 1.19. The molecule has 0 saturated heterocycles. The van der Waals surface area contributed by atoms with Crippen LogP contribution in [0.4, 0.5) is 5.69 Å². The number of hydrogen-bond donors (Lipinski definition) is 1. The molecule has 1 N–H and O–H groups in total. The van der Waals surface area contributed by atoms with Gasteiger partial charge in [-0.25, -0.2) is 8.42 Å². The maximum Gasteiger partial charge on any atom is 0.264 e. The normalized spacial score (nSPS) is 15.4. The van der Waals surface area contributed by atoms with Gasteiger partial charge < -0.3 is 14.8 Å². The number of carbonyl (C=O) groups excluding carboxylic acids is 1. The lowest BCUT2D eigenvalue weighted by Gasteiger charge is -2.36. The van der Waals surface area contributed by atoms with Crippen LogP contribution < -0.4 is 19.1 Å². The zero-order valence-corrected chi connectivity index (χ0v) is 23.1. The van der Waals surface area contributed by atoms with Crippen LogP contribution in [0.15, 0.2) is 95.9 Å². The molecular formula is C31H32N2O5S. The summed E-state index contributed by atoms with van der Waals surface area (Å²) >= 11 is 0. The molecule has 39 heavy (non-hydrogen) atoms. The van der Waals surface area contributed by atoms with Gasteiger partial charge in [0.05, 0.1) is 23.7 Å². The second-order valence-electron chi connectivity index (χ2n) is 10.5. The smallest absolute Gasteiger partial charge is 0.264 e. The molecule has 0 spiro atoms. The van der Waals surface area contributed by atoms with Gasteiger partial charge >= 0.3 is 0 Å². The fourth-order valence-corrected chi connectivity index (χ4v) is 6.06. The topological polar surface area (TPSA) is 84.9 Å². The van der Waals surface area contributed by atoms with Gasteiger partial charge in [0.25, 0.3) is 15.9 Å². The Hall–Kier alpha value is -4.04. The Morgan fingerprint density at radius 2 is 1.69 bits per heavy atom. The van der Waals surface area contributed by atoms with E-state index in [1.54, 1.807) is 36.4 Å². The Kier molecular flexibility index (Phi) is 7.23. The fraction of sp³-hybridized carbons (Fsp3) is 0.258.